The van der Waals surface area contributed by atoms with Crippen LogP contribution < -0.4 is 5.32 Å². The molecule has 2 rings (SSSR count). The van der Waals surface area contributed by atoms with E-state index < -0.39 is 0 Å². The SMILES string of the molecule is Cc1ccc(C(C)Nc2cccnc2)cc1C. The van der Waals surface area contributed by atoms with Crippen LogP contribution in [0.4, 0.5) is 5.69 Å². The van der Waals surface area contributed by atoms with Gasteiger partial charge in [0.15, 0.2) is 0 Å². The number of rotatable bonds is 3. The minimum Gasteiger partial charge on any atom is -0.377 e. The first kappa shape index (κ1) is 11.6. The van der Waals surface area contributed by atoms with Crippen molar-refractivity contribution in [2.75, 3.05) is 5.32 Å². The molecule has 0 saturated heterocycles. The van der Waals surface area contributed by atoms with Crippen molar-refractivity contribution < 1.29 is 0 Å². The molecule has 1 N–H and O–H groups in total. The molecule has 2 heteroatoms. The highest BCUT2D eigenvalue weighted by Gasteiger charge is 2.06. The van der Waals surface area contributed by atoms with Crippen molar-refractivity contribution in [3.8, 4) is 0 Å². The second-order valence-corrected chi connectivity index (χ2v) is 4.45. The van der Waals surface area contributed by atoms with E-state index in [0.29, 0.717) is 6.04 Å². The Labute approximate surface area is 103 Å². The average Bonchev–Trinajstić information content (AvgIpc) is 2.34. The van der Waals surface area contributed by atoms with Gasteiger partial charge in [-0.3, -0.25) is 4.98 Å². The Balaban J connectivity index is 2.14. The lowest BCUT2D eigenvalue weighted by molar-refractivity contribution is 0.880. The summed E-state index contributed by atoms with van der Waals surface area (Å²) in [4.78, 5) is 4.10. The average molecular weight is 226 g/mol. The van der Waals surface area contributed by atoms with Gasteiger partial charge in [-0.15, -0.1) is 0 Å². The van der Waals surface area contributed by atoms with Gasteiger partial charge in [0.1, 0.15) is 0 Å². The molecule has 0 fully saturated rings. The van der Waals surface area contributed by atoms with E-state index in [9.17, 15) is 0 Å². The topological polar surface area (TPSA) is 24.9 Å². The van der Waals surface area contributed by atoms with Gasteiger partial charge in [0, 0.05) is 18.4 Å². The zero-order chi connectivity index (χ0) is 12.3. The molecule has 0 aliphatic carbocycles. The third-order valence-electron chi connectivity index (χ3n) is 3.08. The molecule has 0 aliphatic heterocycles. The van der Waals surface area contributed by atoms with Crippen LogP contribution in [-0.4, -0.2) is 4.98 Å². The minimum atomic E-state index is 0.290. The molecule has 1 aromatic heterocycles. The monoisotopic (exact) mass is 226 g/mol. The molecule has 1 unspecified atom stereocenters. The summed E-state index contributed by atoms with van der Waals surface area (Å²) in [5.41, 5.74) is 5.03. The maximum Gasteiger partial charge on any atom is 0.0531 e. The lowest BCUT2D eigenvalue weighted by Crippen LogP contribution is -2.07. The van der Waals surface area contributed by atoms with Gasteiger partial charge in [-0.2, -0.15) is 0 Å². The Kier molecular flexibility index (Phi) is 3.43. The molecule has 0 spiro atoms. The van der Waals surface area contributed by atoms with E-state index >= 15 is 0 Å². The smallest absolute Gasteiger partial charge is 0.0531 e. The number of nitrogens with one attached hydrogen (secondary N) is 1. The minimum absolute atomic E-state index is 0.290. The Morgan fingerprint density at radius 3 is 2.59 bits per heavy atom. The van der Waals surface area contributed by atoms with Crippen LogP contribution in [0.15, 0.2) is 42.7 Å². The van der Waals surface area contributed by atoms with Gasteiger partial charge in [0.2, 0.25) is 0 Å². The van der Waals surface area contributed by atoms with Crippen LogP contribution in [0.3, 0.4) is 0 Å². The summed E-state index contributed by atoms with van der Waals surface area (Å²) in [6.07, 6.45) is 3.63. The maximum atomic E-state index is 4.10. The molecule has 2 aromatic rings. The zero-order valence-electron chi connectivity index (χ0n) is 10.6. The Morgan fingerprint density at radius 2 is 1.94 bits per heavy atom. The molecular weight excluding hydrogens is 208 g/mol. The van der Waals surface area contributed by atoms with E-state index in [2.05, 4.69) is 49.3 Å². The maximum absolute atomic E-state index is 4.10. The number of aromatic nitrogens is 1. The summed E-state index contributed by atoms with van der Waals surface area (Å²) in [5, 5.41) is 3.44. The standard InChI is InChI=1S/C15H18N2/c1-11-6-7-14(9-12(11)2)13(3)17-15-5-4-8-16-10-15/h4-10,13,17H,1-3H3. The number of anilines is 1. The van der Waals surface area contributed by atoms with Gasteiger partial charge in [0.25, 0.3) is 0 Å². The van der Waals surface area contributed by atoms with E-state index in [1.54, 1.807) is 6.20 Å². The fourth-order valence-electron chi connectivity index (χ4n) is 1.82. The molecule has 1 atom stereocenters. The van der Waals surface area contributed by atoms with Crippen LogP contribution in [0.2, 0.25) is 0 Å². The molecule has 0 aliphatic rings. The normalized spacial score (nSPS) is 12.2. The summed E-state index contributed by atoms with van der Waals surface area (Å²) in [6.45, 7) is 6.45. The van der Waals surface area contributed by atoms with E-state index in [-0.39, 0.29) is 0 Å². The van der Waals surface area contributed by atoms with Gasteiger partial charge in [0.05, 0.1) is 5.69 Å². The van der Waals surface area contributed by atoms with Gasteiger partial charge < -0.3 is 5.32 Å². The molecule has 1 heterocycles. The third-order valence-corrected chi connectivity index (χ3v) is 3.08. The Bertz CT molecular complexity index is 492. The van der Waals surface area contributed by atoms with Crippen molar-refractivity contribution >= 4 is 5.69 Å². The van der Waals surface area contributed by atoms with Crippen LogP contribution >= 0.6 is 0 Å². The van der Waals surface area contributed by atoms with Crippen molar-refractivity contribution in [2.45, 2.75) is 26.8 Å². The summed E-state index contributed by atoms with van der Waals surface area (Å²) >= 11 is 0. The number of hydrogen-bond acceptors (Lipinski definition) is 2. The van der Waals surface area contributed by atoms with E-state index in [0.717, 1.165) is 5.69 Å². The van der Waals surface area contributed by atoms with Crippen molar-refractivity contribution in [3.63, 3.8) is 0 Å². The summed E-state index contributed by atoms with van der Waals surface area (Å²) in [5.74, 6) is 0. The van der Waals surface area contributed by atoms with Gasteiger partial charge in [-0.05, 0) is 49.6 Å². The van der Waals surface area contributed by atoms with Gasteiger partial charge in [-0.1, -0.05) is 18.2 Å². The molecule has 0 radical (unpaired) electrons. The predicted molar refractivity (Wildman–Crippen MR) is 72.2 cm³/mol. The first-order valence-corrected chi connectivity index (χ1v) is 5.90. The number of hydrogen-bond donors (Lipinski definition) is 1. The van der Waals surface area contributed by atoms with Crippen LogP contribution in [0.5, 0.6) is 0 Å². The largest absolute Gasteiger partial charge is 0.377 e. The van der Waals surface area contributed by atoms with Crippen molar-refractivity contribution in [1.82, 2.24) is 4.98 Å². The Morgan fingerprint density at radius 1 is 1.12 bits per heavy atom. The third kappa shape index (κ3) is 2.84. The van der Waals surface area contributed by atoms with Crippen molar-refractivity contribution in [2.24, 2.45) is 0 Å². The first-order chi connectivity index (χ1) is 8.16. The molecule has 0 saturated carbocycles. The first-order valence-electron chi connectivity index (χ1n) is 5.90. The van der Waals surface area contributed by atoms with Crippen LogP contribution in [0.25, 0.3) is 0 Å². The zero-order valence-corrected chi connectivity index (χ0v) is 10.6. The van der Waals surface area contributed by atoms with E-state index in [1.165, 1.54) is 16.7 Å². The second-order valence-electron chi connectivity index (χ2n) is 4.45. The number of aryl methyl sites for hydroxylation is 2. The molecule has 2 nitrogen and oxygen atoms in total. The highest BCUT2D eigenvalue weighted by atomic mass is 14.9. The fourth-order valence-corrected chi connectivity index (χ4v) is 1.82. The Hall–Kier alpha value is -1.83. The summed E-state index contributed by atoms with van der Waals surface area (Å²) in [6, 6.07) is 10.9. The summed E-state index contributed by atoms with van der Waals surface area (Å²) in [7, 11) is 0. The summed E-state index contributed by atoms with van der Waals surface area (Å²) < 4.78 is 0. The lowest BCUT2D eigenvalue weighted by atomic mass is 10.0. The predicted octanol–water partition coefficient (Wildman–Crippen LogP) is 3.87. The fraction of sp³-hybridized carbons (Fsp3) is 0.267. The van der Waals surface area contributed by atoms with Crippen LogP contribution in [0.1, 0.15) is 29.7 Å². The van der Waals surface area contributed by atoms with E-state index in [1.807, 2.05) is 18.3 Å². The highest BCUT2D eigenvalue weighted by Crippen LogP contribution is 2.20. The second kappa shape index (κ2) is 5.00. The number of benzene rings is 1. The van der Waals surface area contributed by atoms with Crippen molar-refractivity contribution in [3.05, 3.63) is 59.4 Å². The van der Waals surface area contributed by atoms with Gasteiger partial charge >= 0.3 is 0 Å². The molecule has 1 aromatic carbocycles. The quantitative estimate of drug-likeness (QED) is 0.859. The van der Waals surface area contributed by atoms with Crippen molar-refractivity contribution in [1.29, 1.82) is 0 Å². The molecule has 0 bridgehead atoms. The molecule has 88 valence electrons. The van der Waals surface area contributed by atoms with Gasteiger partial charge in [-0.25, -0.2) is 0 Å². The van der Waals surface area contributed by atoms with Crippen LogP contribution in [0, 0.1) is 13.8 Å². The molecule has 17 heavy (non-hydrogen) atoms. The number of nitrogens with zero attached hydrogens (tertiary/aromatic N) is 1. The number of pyridine rings is 1. The van der Waals surface area contributed by atoms with E-state index in [4.69, 9.17) is 0 Å². The molecule has 0 amide bonds. The lowest BCUT2D eigenvalue weighted by Gasteiger charge is -2.16. The highest BCUT2D eigenvalue weighted by molar-refractivity contribution is 5.43. The molecular formula is C15H18N2. The van der Waals surface area contributed by atoms with Crippen LogP contribution in [-0.2, 0) is 0 Å².